The van der Waals surface area contributed by atoms with Crippen molar-refractivity contribution < 1.29 is 19.1 Å². The van der Waals surface area contributed by atoms with E-state index in [1.807, 2.05) is 36.4 Å². The fourth-order valence-electron chi connectivity index (χ4n) is 3.22. The SMILES string of the molecule is CC(=O)Nc1ccc(CC(=O)NCc2cccc(OCCN3CCOCC3)c2)cc1. The highest BCUT2D eigenvalue weighted by Crippen LogP contribution is 2.14. The highest BCUT2D eigenvalue weighted by atomic mass is 16.5. The lowest BCUT2D eigenvalue weighted by molar-refractivity contribution is -0.120. The summed E-state index contributed by atoms with van der Waals surface area (Å²) >= 11 is 0. The summed E-state index contributed by atoms with van der Waals surface area (Å²) in [6, 6.07) is 15.1. The van der Waals surface area contributed by atoms with E-state index in [1.54, 1.807) is 12.1 Å². The van der Waals surface area contributed by atoms with Crippen LogP contribution in [-0.4, -0.2) is 56.2 Å². The van der Waals surface area contributed by atoms with Gasteiger partial charge >= 0.3 is 0 Å². The van der Waals surface area contributed by atoms with Gasteiger partial charge in [-0.25, -0.2) is 0 Å². The molecule has 1 heterocycles. The Morgan fingerprint density at radius 1 is 1.07 bits per heavy atom. The molecule has 1 aliphatic rings. The molecule has 1 saturated heterocycles. The highest BCUT2D eigenvalue weighted by Gasteiger charge is 2.10. The van der Waals surface area contributed by atoms with E-state index in [1.165, 1.54) is 6.92 Å². The largest absolute Gasteiger partial charge is 0.492 e. The first-order valence-electron chi connectivity index (χ1n) is 10.2. The molecule has 2 amide bonds. The number of carbonyl (C=O) groups is 2. The van der Waals surface area contributed by atoms with Crippen LogP contribution in [0.15, 0.2) is 48.5 Å². The molecular formula is C23H29N3O4. The maximum atomic E-state index is 12.3. The van der Waals surface area contributed by atoms with Crippen LogP contribution in [0.2, 0.25) is 0 Å². The Morgan fingerprint density at radius 3 is 2.57 bits per heavy atom. The topological polar surface area (TPSA) is 79.9 Å². The van der Waals surface area contributed by atoms with E-state index in [2.05, 4.69) is 15.5 Å². The third-order valence-corrected chi connectivity index (χ3v) is 4.81. The van der Waals surface area contributed by atoms with Crippen molar-refractivity contribution in [2.24, 2.45) is 0 Å². The van der Waals surface area contributed by atoms with Gasteiger partial charge in [0.05, 0.1) is 19.6 Å². The molecule has 0 unspecified atom stereocenters. The minimum Gasteiger partial charge on any atom is -0.492 e. The number of nitrogens with one attached hydrogen (secondary N) is 2. The van der Waals surface area contributed by atoms with Crippen LogP contribution < -0.4 is 15.4 Å². The molecule has 0 bridgehead atoms. The van der Waals surface area contributed by atoms with Gasteiger partial charge in [-0.2, -0.15) is 0 Å². The van der Waals surface area contributed by atoms with Crippen LogP contribution in [-0.2, 0) is 27.3 Å². The molecule has 2 aromatic rings. The Balaban J connectivity index is 1.40. The van der Waals surface area contributed by atoms with Gasteiger partial charge < -0.3 is 20.1 Å². The quantitative estimate of drug-likeness (QED) is 0.661. The Bertz CT molecular complexity index is 833. The number of hydrogen-bond donors (Lipinski definition) is 2. The van der Waals surface area contributed by atoms with Gasteiger partial charge in [-0.3, -0.25) is 14.5 Å². The Hall–Kier alpha value is -2.90. The third kappa shape index (κ3) is 7.50. The first kappa shape index (κ1) is 21.8. The molecule has 160 valence electrons. The zero-order chi connectivity index (χ0) is 21.2. The van der Waals surface area contributed by atoms with E-state index in [-0.39, 0.29) is 18.2 Å². The maximum Gasteiger partial charge on any atom is 0.224 e. The number of morpholine rings is 1. The zero-order valence-electron chi connectivity index (χ0n) is 17.4. The van der Waals surface area contributed by atoms with E-state index in [9.17, 15) is 9.59 Å². The molecule has 3 rings (SSSR count). The molecule has 0 saturated carbocycles. The summed E-state index contributed by atoms with van der Waals surface area (Å²) in [6.45, 7) is 6.89. The number of hydrogen-bond acceptors (Lipinski definition) is 5. The van der Waals surface area contributed by atoms with Crippen molar-refractivity contribution in [1.29, 1.82) is 0 Å². The third-order valence-electron chi connectivity index (χ3n) is 4.81. The number of ether oxygens (including phenoxy) is 2. The molecule has 0 spiro atoms. The summed E-state index contributed by atoms with van der Waals surface area (Å²) in [6.07, 6.45) is 0.288. The lowest BCUT2D eigenvalue weighted by atomic mass is 10.1. The Morgan fingerprint density at radius 2 is 1.83 bits per heavy atom. The number of nitrogens with zero attached hydrogens (tertiary/aromatic N) is 1. The van der Waals surface area contributed by atoms with Gasteiger partial charge in [0.15, 0.2) is 0 Å². The number of benzene rings is 2. The number of rotatable bonds is 9. The standard InChI is InChI=1S/C23H29N3O4/c1-18(27)25-21-7-5-19(6-8-21)16-23(28)24-17-20-3-2-4-22(15-20)30-14-11-26-9-12-29-13-10-26/h2-8,15H,9-14,16-17H2,1H3,(H,24,28)(H,25,27). The predicted molar refractivity (Wildman–Crippen MR) is 115 cm³/mol. The normalized spacial score (nSPS) is 14.2. The van der Waals surface area contributed by atoms with Crippen LogP contribution in [0.4, 0.5) is 5.69 Å². The van der Waals surface area contributed by atoms with Gasteiger partial charge in [-0.05, 0) is 35.4 Å². The number of carbonyl (C=O) groups excluding carboxylic acids is 2. The molecule has 2 aromatic carbocycles. The second-order valence-electron chi connectivity index (χ2n) is 7.28. The monoisotopic (exact) mass is 411 g/mol. The average Bonchev–Trinajstić information content (AvgIpc) is 2.74. The average molecular weight is 412 g/mol. The Labute approximate surface area is 177 Å². The van der Waals surface area contributed by atoms with Crippen molar-refractivity contribution >= 4 is 17.5 Å². The Kier molecular flexibility index (Phi) is 8.23. The molecule has 0 aliphatic carbocycles. The van der Waals surface area contributed by atoms with Crippen molar-refractivity contribution in [2.45, 2.75) is 19.9 Å². The molecule has 7 nitrogen and oxygen atoms in total. The summed E-state index contributed by atoms with van der Waals surface area (Å²) in [7, 11) is 0. The molecular weight excluding hydrogens is 382 g/mol. The van der Waals surface area contributed by atoms with Gasteiger partial charge in [0, 0.05) is 38.8 Å². The predicted octanol–water partition coefficient (Wildman–Crippen LogP) is 2.21. The van der Waals surface area contributed by atoms with Crippen LogP contribution >= 0.6 is 0 Å². The van der Waals surface area contributed by atoms with Crippen molar-refractivity contribution in [1.82, 2.24) is 10.2 Å². The van der Waals surface area contributed by atoms with Crippen LogP contribution in [0.3, 0.4) is 0 Å². The zero-order valence-corrected chi connectivity index (χ0v) is 17.4. The van der Waals surface area contributed by atoms with Gasteiger partial charge in [0.2, 0.25) is 11.8 Å². The van der Waals surface area contributed by atoms with Crippen molar-refractivity contribution in [3.63, 3.8) is 0 Å². The molecule has 1 fully saturated rings. The van der Waals surface area contributed by atoms with Gasteiger partial charge in [0.25, 0.3) is 0 Å². The van der Waals surface area contributed by atoms with E-state index in [4.69, 9.17) is 9.47 Å². The van der Waals surface area contributed by atoms with E-state index in [0.717, 1.165) is 55.4 Å². The fraction of sp³-hybridized carbons (Fsp3) is 0.391. The molecule has 30 heavy (non-hydrogen) atoms. The van der Waals surface area contributed by atoms with Gasteiger partial charge in [-0.15, -0.1) is 0 Å². The van der Waals surface area contributed by atoms with Crippen molar-refractivity contribution in [2.75, 3.05) is 44.8 Å². The molecule has 0 radical (unpaired) electrons. The lowest BCUT2D eigenvalue weighted by Crippen LogP contribution is -2.38. The highest BCUT2D eigenvalue weighted by molar-refractivity contribution is 5.88. The summed E-state index contributed by atoms with van der Waals surface area (Å²) in [5, 5.41) is 5.65. The summed E-state index contributed by atoms with van der Waals surface area (Å²) in [5.41, 5.74) is 2.60. The summed E-state index contributed by atoms with van der Waals surface area (Å²) in [4.78, 5) is 25.6. The smallest absolute Gasteiger partial charge is 0.224 e. The minimum atomic E-state index is -0.118. The molecule has 7 heteroatoms. The van der Waals surface area contributed by atoms with Crippen molar-refractivity contribution in [3.8, 4) is 5.75 Å². The first-order chi connectivity index (χ1) is 14.6. The maximum absolute atomic E-state index is 12.3. The van der Waals surface area contributed by atoms with Crippen molar-refractivity contribution in [3.05, 3.63) is 59.7 Å². The fourth-order valence-corrected chi connectivity index (χ4v) is 3.22. The van der Waals surface area contributed by atoms with E-state index in [0.29, 0.717) is 13.2 Å². The molecule has 0 aromatic heterocycles. The van der Waals surface area contributed by atoms with Crippen LogP contribution in [0.5, 0.6) is 5.75 Å². The second kappa shape index (κ2) is 11.3. The molecule has 2 N–H and O–H groups in total. The van der Waals surface area contributed by atoms with E-state index < -0.39 is 0 Å². The lowest BCUT2D eigenvalue weighted by Gasteiger charge is -2.26. The van der Waals surface area contributed by atoms with E-state index >= 15 is 0 Å². The molecule has 1 aliphatic heterocycles. The van der Waals surface area contributed by atoms with Crippen LogP contribution in [0, 0.1) is 0 Å². The van der Waals surface area contributed by atoms with Crippen LogP contribution in [0.25, 0.3) is 0 Å². The second-order valence-corrected chi connectivity index (χ2v) is 7.28. The number of amides is 2. The van der Waals surface area contributed by atoms with Gasteiger partial charge in [-0.1, -0.05) is 24.3 Å². The summed E-state index contributed by atoms with van der Waals surface area (Å²) in [5.74, 6) is 0.636. The molecule has 0 atom stereocenters. The first-order valence-corrected chi connectivity index (χ1v) is 10.2. The minimum absolute atomic E-state index is 0.0547. The van der Waals surface area contributed by atoms with Crippen LogP contribution in [0.1, 0.15) is 18.1 Å². The summed E-state index contributed by atoms with van der Waals surface area (Å²) < 4.78 is 11.2. The number of anilines is 1. The van der Waals surface area contributed by atoms with Gasteiger partial charge in [0.1, 0.15) is 12.4 Å².